The Labute approximate surface area is 183 Å². The van der Waals surface area contributed by atoms with Crippen molar-refractivity contribution in [3.63, 3.8) is 0 Å². The van der Waals surface area contributed by atoms with Crippen molar-refractivity contribution in [2.24, 2.45) is 5.92 Å². The number of aryl methyl sites for hydroxylation is 1. The van der Waals surface area contributed by atoms with Gasteiger partial charge < -0.3 is 5.32 Å². The van der Waals surface area contributed by atoms with Crippen LogP contribution in [0.25, 0.3) is 0 Å². The molecule has 5 heteroatoms. The fourth-order valence-corrected chi connectivity index (χ4v) is 4.34. The fourth-order valence-electron chi connectivity index (χ4n) is 4.34. The standard InChI is InChI=1S/C26H28FN3O/c1-19-13-21(10-11-25(19)27)22-14-23(26(31)29-15-24-9-5-6-12-28-24)18-30(17-22)16-20-7-3-2-4-8-20/h2-13,22-23H,14-18H2,1H3,(H,29,31). The smallest absolute Gasteiger partial charge is 0.224 e. The van der Waals surface area contributed by atoms with Gasteiger partial charge in [0.15, 0.2) is 0 Å². The summed E-state index contributed by atoms with van der Waals surface area (Å²) >= 11 is 0. The van der Waals surface area contributed by atoms with E-state index in [-0.39, 0.29) is 23.6 Å². The maximum Gasteiger partial charge on any atom is 0.224 e. The molecule has 1 aliphatic heterocycles. The highest BCUT2D eigenvalue weighted by molar-refractivity contribution is 5.79. The Hall–Kier alpha value is -3.05. The molecule has 1 aromatic heterocycles. The lowest BCUT2D eigenvalue weighted by molar-refractivity contribution is -0.127. The zero-order valence-electron chi connectivity index (χ0n) is 17.8. The van der Waals surface area contributed by atoms with Gasteiger partial charge in [-0.3, -0.25) is 14.7 Å². The molecule has 2 heterocycles. The van der Waals surface area contributed by atoms with Crippen molar-refractivity contribution in [1.82, 2.24) is 15.2 Å². The second-order valence-electron chi connectivity index (χ2n) is 8.36. The fraction of sp³-hybridized carbons (Fsp3) is 0.308. The number of halogens is 1. The first-order valence-electron chi connectivity index (χ1n) is 10.8. The second-order valence-corrected chi connectivity index (χ2v) is 8.36. The van der Waals surface area contributed by atoms with E-state index in [1.807, 2.05) is 48.5 Å². The Balaban J connectivity index is 1.50. The molecule has 31 heavy (non-hydrogen) atoms. The van der Waals surface area contributed by atoms with Crippen molar-refractivity contribution in [1.29, 1.82) is 0 Å². The predicted octanol–water partition coefficient (Wildman–Crippen LogP) is 4.45. The van der Waals surface area contributed by atoms with Crippen LogP contribution in [0.4, 0.5) is 4.39 Å². The van der Waals surface area contributed by atoms with E-state index >= 15 is 0 Å². The summed E-state index contributed by atoms with van der Waals surface area (Å²) in [5.74, 6) is -0.0866. The number of benzene rings is 2. The zero-order chi connectivity index (χ0) is 21.6. The summed E-state index contributed by atoms with van der Waals surface area (Å²) in [5.41, 5.74) is 3.82. The molecule has 1 aliphatic rings. The van der Waals surface area contributed by atoms with Gasteiger partial charge in [0, 0.05) is 25.8 Å². The summed E-state index contributed by atoms with van der Waals surface area (Å²) in [6.45, 7) is 4.57. The third-order valence-corrected chi connectivity index (χ3v) is 5.97. The number of hydrogen-bond donors (Lipinski definition) is 1. The molecule has 0 spiro atoms. The van der Waals surface area contributed by atoms with Crippen LogP contribution in [0.1, 0.15) is 34.7 Å². The van der Waals surface area contributed by atoms with Gasteiger partial charge in [-0.05, 0) is 54.2 Å². The van der Waals surface area contributed by atoms with Gasteiger partial charge in [0.25, 0.3) is 0 Å². The molecule has 2 aromatic carbocycles. The number of nitrogens with zero attached hydrogens (tertiary/aromatic N) is 2. The van der Waals surface area contributed by atoms with Crippen molar-refractivity contribution < 1.29 is 9.18 Å². The van der Waals surface area contributed by atoms with Gasteiger partial charge in [0.1, 0.15) is 5.82 Å². The minimum Gasteiger partial charge on any atom is -0.350 e. The summed E-state index contributed by atoms with van der Waals surface area (Å²) < 4.78 is 13.8. The van der Waals surface area contributed by atoms with Crippen LogP contribution in [0.3, 0.4) is 0 Å². The summed E-state index contributed by atoms with van der Waals surface area (Å²) in [6, 6.07) is 21.3. The van der Waals surface area contributed by atoms with E-state index in [0.29, 0.717) is 18.7 Å². The SMILES string of the molecule is Cc1cc(C2CC(C(=O)NCc3ccccn3)CN(Cc3ccccc3)C2)ccc1F. The van der Waals surface area contributed by atoms with Gasteiger partial charge in [0.2, 0.25) is 5.91 Å². The number of pyridine rings is 1. The van der Waals surface area contributed by atoms with E-state index < -0.39 is 0 Å². The van der Waals surface area contributed by atoms with Crippen LogP contribution in [0.5, 0.6) is 0 Å². The van der Waals surface area contributed by atoms with Gasteiger partial charge >= 0.3 is 0 Å². The lowest BCUT2D eigenvalue weighted by Gasteiger charge is -2.37. The quantitative estimate of drug-likeness (QED) is 0.644. The van der Waals surface area contributed by atoms with Crippen LogP contribution in [0.15, 0.2) is 72.9 Å². The molecule has 2 atom stereocenters. The first-order chi connectivity index (χ1) is 15.1. The monoisotopic (exact) mass is 417 g/mol. The topological polar surface area (TPSA) is 45.2 Å². The first-order valence-corrected chi connectivity index (χ1v) is 10.8. The van der Waals surface area contributed by atoms with E-state index in [1.54, 1.807) is 13.1 Å². The van der Waals surface area contributed by atoms with Crippen LogP contribution >= 0.6 is 0 Å². The highest BCUT2D eigenvalue weighted by Gasteiger charge is 2.32. The van der Waals surface area contributed by atoms with Crippen molar-refractivity contribution in [3.05, 3.63) is 101 Å². The summed E-state index contributed by atoms with van der Waals surface area (Å²) in [4.78, 5) is 19.7. The molecule has 0 aliphatic carbocycles. The molecule has 1 N–H and O–H groups in total. The number of likely N-dealkylation sites (tertiary alicyclic amines) is 1. The first kappa shape index (κ1) is 21.2. The number of nitrogens with one attached hydrogen (secondary N) is 1. The van der Waals surface area contributed by atoms with Gasteiger partial charge in [-0.25, -0.2) is 4.39 Å². The minimum atomic E-state index is -0.189. The van der Waals surface area contributed by atoms with E-state index in [9.17, 15) is 9.18 Å². The summed E-state index contributed by atoms with van der Waals surface area (Å²) in [6.07, 6.45) is 2.49. The number of carbonyl (C=O) groups is 1. The number of aromatic nitrogens is 1. The number of rotatable bonds is 6. The number of hydrogen-bond acceptors (Lipinski definition) is 3. The Morgan fingerprint density at radius 3 is 2.65 bits per heavy atom. The highest BCUT2D eigenvalue weighted by atomic mass is 19.1. The third-order valence-electron chi connectivity index (χ3n) is 5.97. The van der Waals surface area contributed by atoms with Crippen LogP contribution in [-0.4, -0.2) is 28.9 Å². The summed E-state index contributed by atoms with van der Waals surface area (Å²) in [5, 5.41) is 3.06. The van der Waals surface area contributed by atoms with E-state index in [2.05, 4.69) is 27.3 Å². The Morgan fingerprint density at radius 2 is 1.90 bits per heavy atom. The molecule has 4 rings (SSSR count). The molecule has 1 fully saturated rings. The van der Waals surface area contributed by atoms with Crippen LogP contribution in [-0.2, 0) is 17.9 Å². The second kappa shape index (κ2) is 9.84. The molecule has 160 valence electrons. The zero-order valence-corrected chi connectivity index (χ0v) is 17.8. The van der Waals surface area contributed by atoms with E-state index in [0.717, 1.165) is 30.8 Å². The molecule has 2 unspecified atom stereocenters. The average Bonchev–Trinajstić information content (AvgIpc) is 2.80. The van der Waals surface area contributed by atoms with Gasteiger partial charge in [-0.2, -0.15) is 0 Å². The average molecular weight is 418 g/mol. The maximum atomic E-state index is 13.8. The van der Waals surface area contributed by atoms with Gasteiger partial charge in [-0.15, -0.1) is 0 Å². The Morgan fingerprint density at radius 1 is 1.10 bits per heavy atom. The van der Waals surface area contributed by atoms with Crippen molar-refractivity contribution >= 4 is 5.91 Å². The van der Waals surface area contributed by atoms with E-state index in [4.69, 9.17) is 0 Å². The predicted molar refractivity (Wildman–Crippen MR) is 120 cm³/mol. The molecular weight excluding hydrogens is 389 g/mol. The number of carbonyl (C=O) groups excluding carboxylic acids is 1. The Kier molecular flexibility index (Phi) is 6.73. The van der Waals surface area contributed by atoms with Crippen LogP contribution < -0.4 is 5.32 Å². The molecule has 1 saturated heterocycles. The van der Waals surface area contributed by atoms with Gasteiger partial charge in [0.05, 0.1) is 18.2 Å². The van der Waals surface area contributed by atoms with Crippen LogP contribution in [0.2, 0.25) is 0 Å². The molecular formula is C26H28FN3O. The lowest BCUT2D eigenvalue weighted by atomic mass is 9.83. The highest BCUT2D eigenvalue weighted by Crippen LogP contribution is 2.32. The molecule has 4 nitrogen and oxygen atoms in total. The molecule has 1 amide bonds. The maximum absolute atomic E-state index is 13.8. The van der Waals surface area contributed by atoms with Crippen molar-refractivity contribution in [2.45, 2.75) is 32.4 Å². The molecule has 0 saturated carbocycles. The summed E-state index contributed by atoms with van der Waals surface area (Å²) in [7, 11) is 0. The lowest BCUT2D eigenvalue weighted by Crippen LogP contribution is -2.45. The van der Waals surface area contributed by atoms with E-state index in [1.165, 1.54) is 11.6 Å². The molecule has 0 bridgehead atoms. The largest absolute Gasteiger partial charge is 0.350 e. The van der Waals surface area contributed by atoms with Gasteiger partial charge in [-0.1, -0.05) is 48.5 Å². The normalized spacial score (nSPS) is 19.2. The Bertz CT molecular complexity index is 1010. The van der Waals surface area contributed by atoms with Crippen molar-refractivity contribution in [2.75, 3.05) is 13.1 Å². The van der Waals surface area contributed by atoms with Crippen LogP contribution in [0, 0.1) is 18.7 Å². The third kappa shape index (κ3) is 5.56. The van der Waals surface area contributed by atoms with Crippen molar-refractivity contribution in [3.8, 4) is 0 Å². The number of amides is 1. The molecule has 0 radical (unpaired) electrons. The number of piperidine rings is 1. The minimum absolute atomic E-state index is 0.0484. The molecule has 3 aromatic rings.